The summed E-state index contributed by atoms with van der Waals surface area (Å²) in [6.45, 7) is 0.953. The second kappa shape index (κ2) is 6.12. The van der Waals surface area contributed by atoms with E-state index in [1.165, 1.54) is 29.7 Å². The van der Waals surface area contributed by atoms with Crippen LogP contribution >= 0.6 is 11.8 Å². The van der Waals surface area contributed by atoms with E-state index in [9.17, 15) is 0 Å². The molecule has 1 unspecified atom stereocenters. The molecule has 0 aromatic heterocycles. The first-order valence-electron chi connectivity index (χ1n) is 5.95. The van der Waals surface area contributed by atoms with Crippen LogP contribution in [0.4, 0.5) is 0 Å². The zero-order chi connectivity index (χ0) is 11.2. The molecule has 1 aliphatic carbocycles. The van der Waals surface area contributed by atoms with Crippen LogP contribution in [-0.2, 0) is 6.54 Å². The van der Waals surface area contributed by atoms with Gasteiger partial charge >= 0.3 is 0 Å². The predicted octanol–water partition coefficient (Wildman–Crippen LogP) is 3.61. The molecule has 16 heavy (non-hydrogen) atoms. The molecule has 0 saturated heterocycles. The van der Waals surface area contributed by atoms with Crippen molar-refractivity contribution in [3.63, 3.8) is 0 Å². The zero-order valence-corrected chi connectivity index (χ0v) is 10.6. The molecule has 86 valence electrons. The smallest absolute Gasteiger partial charge is 0.0274 e. The Morgan fingerprint density at radius 1 is 1.31 bits per heavy atom. The van der Waals surface area contributed by atoms with Crippen LogP contribution < -0.4 is 5.32 Å². The first-order chi connectivity index (χ1) is 7.88. The average Bonchev–Trinajstić information content (AvgIpc) is 2.33. The molecule has 0 fully saturated rings. The van der Waals surface area contributed by atoms with Gasteiger partial charge in [0.05, 0.1) is 0 Å². The molecule has 1 aromatic rings. The van der Waals surface area contributed by atoms with Gasteiger partial charge in [-0.2, -0.15) is 0 Å². The lowest BCUT2D eigenvalue weighted by molar-refractivity contribution is 0.741. The lowest BCUT2D eigenvalue weighted by Crippen LogP contribution is -2.05. The van der Waals surface area contributed by atoms with Crippen LogP contribution in [0.1, 0.15) is 24.8 Å². The Bertz CT molecular complexity index is 342. The summed E-state index contributed by atoms with van der Waals surface area (Å²) in [5.41, 5.74) is 1.35. The Kier molecular flexibility index (Phi) is 4.49. The van der Waals surface area contributed by atoms with Gasteiger partial charge in [-0.1, -0.05) is 24.3 Å². The number of benzene rings is 1. The van der Waals surface area contributed by atoms with Crippen molar-refractivity contribution < 1.29 is 0 Å². The van der Waals surface area contributed by atoms with Gasteiger partial charge in [-0.05, 0) is 44.0 Å². The minimum atomic E-state index is 0.684. The van der Waals surface area contributed by atoms with Gasteiger partial charge in [0.2, 0.25) is 0 Å². The van der Waals surface area contributed by atoms with E-state index >= 15 is 0 Å². The third-order valence-corrected chi connectivity index (χ3v) is 4.04. The molecule has 1 aliphatic rings. The highest BCUT2D eigenvalue weighted by Gasteiger charge is 2.09. The van der Waals surface area contributed by atoms with Gasteiger partial charge in [-0.25, -0.2) is 0 Å². The molecule has 0 bridgehead atoms. The maximum Gasteiger partial charge on any atom is 0.0274 e. The van der Waals surface area contributed by atoms with Gasteiger partial charge in [0.25, 0.3) is 0 Å². The predicted molar refractivity (Wildman–Crippen MR) is 71.8 cm³/mol. The second-order valence-corrected chi connectivity index (χ2v) is 5.50. The highest BCUT2D eigenvalue weighted by atomic mass is 32.2. The van der Waals surface area contributed by atoms with Crippen LogP contribution in [0.5, 0.6) is 0 Å². The summed E-state index contributed by atoms with van der Waals surface area (Å²) < 4.78 is 0. The third-order valence-electron chi connectivity index (χ3n) is 2.80. The van der Waals surface area contributed by atoms with E-state index in [1.54, 1.807) is 0 Å². The fourth-order valence-corrected chi connectivity index (χ4v) is 3.06. The van der Waals surface area contributed by atoms with E-state index in [0.717, 1.165) is 6.54 Å². The minimum Gasteiger partial charge on any atom is -0.316 e. The van der Waals surface area contributed by atoms with Crippen molar-refractivity contribution >= 4 is 11.8 Å². The summed E-state index contributed by atoms with van der Waals surface area (Å²) in [4.78, 5) is 1.39. The van der Waals surface area contributed by atoms with Crippen molar-refractivity contribution in [3.05, 3.63) is 42.0 Å². The van der Waals surface area contributed by atoms with E-state index in [1.807, 2.05) is 18.8 Å². The van der Waals surface area contributed by atoms with Gasteiger partial charge in [0.15, 0.2) is 0 Å². The van der Waals surface area contributed by atoms with E-state index in [2.05, 4.69) is 41.7 Å². The highest BCUT2D eigenvalue weighted by Crippen LogP contribution is 2.30. The number of hydrogen-bond acceptors (Lipinski definition) is 2. The molecule has 1 nitrogen and oxygen atoms in total. The molecular weight excluding hydrogens is 214 g/mol. The van der Waals surface area contributed by atoms with Crippen LogP contribution in [0.15, 0.2) is 41.3 Å². The van der Waals surface area contributed by atoms with Gasteiger partial charge < -0.3 is 5.32 Å². The first kappa shape index (κ1) is 11.7. The zero-order valence-electron chi connectivity index (χ0n) is 9.78. The van der Waals surface area contributed by atoms with Crippen LogP contribution in [0.25, 0.3) is 0 Å². The molecule has 2 heteroatoms. The molecule has 0 amide bonds. The molecule has 0 spiro atoms. The maximum absolute atomic E-state index is 3.17. The first-order valence-corrected chi connectivity index (χ1v) is 6.83. The molecule has 1 aromatic carbocycles. The summed E-state index contributed by atoms with van der Waals surface area (Å²) >= 11 is 1.98. The van der Waals surface area contributed by atoms with Crippen LogP contribution in [0.3, 0.4) is 0 Å². The summed E-state index contributed by atoms with van der Waals surface area (Å²) in [6.07, 6.45) is 8.59. The van der Waals surface area contributed by atoms with Crippen molar-refractivity contribution in [2.75, 3.05) is 7.05 Å². The molecule has 0 radical (unpaired) electrons. The number of rotatable bonds is 4. The summed E-state index contributed by atoms with van der Waals surface area (Å²) in [7, 11) is 1.98. The number of allylic oxidation sites excluding steroid dienone is 1. The van der Waals surface area contributed by atoms with Crippen molar-refractivity contribution in [2.24, 2.45) is 0 Å². The van der Waals surface area contributed by atoms with Crippen molar-refractivity contribution in [1.29, 1.82) is 0 Å². The standard InChI is InChI=1S/C14H19NS/c1-15-11-12-7-9-14(10-8-12)16-13-5-3-2-4-6-13/h3,5,7-10,13,15H,2,4,6,11H2,1H3. The second-order valence-electron chi connectivity index (χ2n) is 4.19. The van der Waals surface area contributed by atoms with Gasteiger partial charge in [-0.15, -0.1) is 11.8 Å². The number of thioether (sulfide) groups is 1. The van der Waals surface area contributed by atoms with Gasteiger partial charge in [-0.3, -0.25) is 0 Å². The monoisotopic (exact) mass is 233 g/mol. The summed E-state index contributed by atoms with van der Waals surface area (Å²) in [6, 6.07) is 8.90. The highest BCUT2D eigenvalue weighted by molar-refractivity contribution is 8.00. The Morgan fingerprint density at radius 3 is 2.75 bits per heavy atom. The van der Waals surface area contributed by atoms with Crippen LogP contribution in [-0.4, -0.2) is 12.3 Å². The Morgan fingerprint density at radius 2 is 2.12 bits per heavy atom. The summed E-state index contributed by atoms with van der Waals surface area (Å²) in [5.74, 6) is 0. The quantitative estimate of drug-likeness (QED) is 0.797. The topological polar surface area (TPSA) is 12.0 Å². The fraction of sp³-hybridized carbons (Fsp3) is 0.429. The van der Waals surface area contributed by atoms with Crippen molar-refractivity contribution in [1.82, 2.24) is 5.32 Å². The van der Waals surface area contributed by atoms with Crippen molar-refractivity contribution in [3.8, 4) is 0 Å². The SMILES string of the molecule is CNCc1ccc(SC2C=CCCC2)cc1. The van der Waals surface area contributed by atoms with E-state index in [4.69, 9.17) is 0 Å². The normalized spacial score (nSPS) is 19.9. The number of hydrogen-bond donors (Lipinski definition) is 1. The summed E-state index contributed by atoms with van der Waals surface area (Å²) in [5, 5.41) is 3.85. The number of nitrogens with one attached hydrogen (secondary N) is 1. The fourth-order valence-electron chi connectivity index (χ4n) is 1.94. The lowest BCUT2D eigenvalue weighted by atomic mass is 10.1. The molecule has 1 N–H and O–H groups in total. The van der Waals surface area contributed by atoms with Crippen molar-refractivity contribution in [2.45, 2.75) is 36.0 Å². The minimum absolute atomic E-state index is 0.684. The molecule has 0 saturated carbocycles. The maximum atomic E-state index is 3.17. The van der Waals surface area contributed by atoms with Gasteiger partial charge in [0.1, 0.15) is 0 Å². The molecule has 2 rings (SSSR count). The van der Waals surface area contributed by atoms with Gasteiger partial charge in [0, 0.05) is 16.7 Å². The largest absolute Gasteiger partial charge is 0.316 e. The van der Waals surface area contributed by atoms with E-state index < -0.39 is 0 Å². The Hall–Kier alpha value is -0.730. The molecule has 0 aliphatic heterocycles. The van der Waals surface area contributed by atoms with Crippen LogP contribution in [0, 0.1) is 0 Å². The lowest BCUT2D eigenvalue weighted by Gasteiger charge is -2.15. The average molecular weight is 233 g/mol. The molecule has 0 heterocycles. The van der Waals surface area contributed by atoms with Crippen LogP contribution in [0.2, 0.25) is 0 Å². The Labute approximate surface area is 102 Å². The Balaban J connectivity index is 1.93. The van der Waals surface area contributed by atoms with E-state index in [0.29, 0.717) is 5.25 Å². The third kappa shape index (κ3) is 3.39. The molecule has 1 atom stereocenters. The molecular formula is C14H19NS. The van der Waals surface area contributed by atoms with E-state index in [-0.39, 0.29) is 0 Å².